The van der Waals surface area contributed by atoms with E-state index in [-0.39, 0.29) is 0 Å². The molecule has 1 saturated carbocycles. The van der Waals surface area contributed by atoms with Crippen LogP contribution in [-0.4, -0.2) is 11.0 Å². The first-order valence-electron chi connectivity index (χ1n) is 6.04. The smallest absolute Gasteiger partial charge is 0.145 e. The monoisotopic (exact) mass is 316 g/mol. The van der Waals surface area contributed by atoms with Crippen LogP contribution in [0, 0.1) is 5.41 Å². The first-order valence-corrected chi connectivity index (χ1v) is 7.21. The fraction of sp³-hybridized carbons (Fsp3) is 0.615. The molecule has 0 bridgehead atoms. The predicted octanol–water partition coefficient (Wildman–Crippen LogP) is 4.88. The Labute approximate surface area is 116 Å². The molecule has 4 heteroatoms. The lowest BCUT2D eigenvalue weighted by Crippen LogP contribution is -2.32. The van der Waals surface area contributed by atoms with Gasteiger partial charge >= 0.3 is 0 Å². The molecule has 1 heterocycles. The van der Waals surface area contributed by atoms with Gasteiger partial charge in [-0.2, -0.15) is 0 Å². The first kappa shape index (κ1) is 13.2. The number of anilines is 1. The molecule has 1 aliphatic rings. The molecule has 1 aromatic rings. The molecule has 1 unspecified atom stereocenters. The van der Waals surface area contributed by atoms with Crippen molar-refractivity contribution in [1.29, 1.82) is 0 Å². The van der Waals surface area contributed by atoms with Gasteiger partial charge in [0, 0.05) is 16.7 Å². The third-order valence-corrected chi connectivity index (χ3v) is 4.08. The Kier molecular flexibility index (Phi) is 3.99. The molecule has 1 N–H and O–H groups in total. The van der Waals surface area contributed by atoms with E-state index < -0.39 is 0 Å². The minimum atomic E-state index is 0.428. The number of nitrogens with zero attached hydrogens (tertiary/aromatic N) is 1. The summed E-state index contributed by atoms with van der Waals surface area (Å²) in [7, 11) is 0. The van der Waals surface area contributed by atoms with Crippen molar-refractivity contribution in [3.63, 3.8) is 0 Å². The van der Waals surface area contributed by atoms with Gasteiger partial charge < -0.3 is 5.32 Å². The standard InChI is InChI=1S/C13H18BrClN2/c1-13(2)5-3-4-10(7-13)17-12-11(15)6-9(14)8-16-12/h6,8,10H,3-5,7H2,1-2H3,(H,16,17). The molecule has 1 aliphatic carbocycles. The van der Waals surface area contributed by atoms with Crippen LogP contribution >= 0.6 is 27.5 Å². The highest BCUT2D eigenvalue weighted by Gasteiger charge is 2.28. The van der Waals surface area contributed by atoms with Gasteiger partial charge in [0.15, 0.2) is 0 Å². The van der Waals surface area contributed by atoms with Crippen LogP contribution in [0.2, 0.25) is 5.02 Å². The van der Waals surface area contributed by atoms with Crippen molar-refractivity contribution in [2.75, 3.05) is 5.32 Å². The summed E-state index contributed by atoms with van der Waals surface area (Å²) in [5, 5.41) is 4.15. The zero-order valence-electron chi connectivity index (χ0n) is 10.3. The lowest BCUT2D eigenvalue weighted by atomic mass is 9.75. The molecular formula is C13H18BrClN2. The molecular weight excluding hydrogens is 300 g/mol. The van der Waals surface area contributed by atoms with E-state index in [1.165, 1.54) is 25.7 Å². The molecule has 0 aliphatic heterocycles. The molecule has 0 radical (unpaired) electrons. The van der Waals surface area contributed by atoms with Crippen molar-refractivity contribution in [3.8, 4) is 0 Å². The van der Waals surface area contributed by atoms with Gasteiger partial charge in [-0.3, -0.25) is 0 Å². The van der Waals surface area contributed by atoms with Crippen LogP contribution in [-0.2, 0) is 0 Å². The first-order chi connectivity index (χ1) is 7.96. The molecule has 0 saturated heterocycles. The van der Waals surface area contributed by atoms with Crippen molar-refractivity contribution in [2.45, 2.75) is 45.6 Å². The van der Waals surface area contributed by atoms with Crippen molar-refractivity contribution in [2.24, 2.45) is 5.41 Å². The Bertz CT molecular complexity index is 406. The van der Waals surface area contributed by atoms with Gasteiger partial charge in [0.1, 0.15) is 5.82 Å². The number of aromatic nitrogens is 1. The van der Waals surface area contributed by atoms with Gasteiger partial charge in [-0.05, 0) is 46.7 Å². The predicted molar refractivity (Wildman–Crippen MR) is 76.6 cm³/mol. The highest BCUT2D eigenvalue weighted by molar-refractivity contribution is 9.10. The van der Waals surface area contributed by atoms with E-state index >= 15 is 0 Å². The summed E-state index contributed by atoms with van der Waals surface area (Å²) in [5.74, 6) is 0.803. The Balaban J connectivity index is 2.05. The summed E-state index contributed by atoms with van der Waals surface area (Å²) in [6, 6.07) is 2.37. The summed E-state index contributed by atoms with van der Waals surface area (Å²) in [6.07, 6.45) is 6.76. The van der Waals surface area contributed by atoms with E-state index in [1.54, 1.807) is 6.20 Å². The summed E-state index contributed by atoms with van der Waals surface area (Å²) < 4.78 is 0.914. The van der Waals surface area contributed by atoms with E-state index in [0.29, 0.717) is 16.5 Å². The Morgan fingerprint density at radius 2 is 2.29 bits per heavy atom. The van der Waals surface area contributed by atoms with Crippen LogP contribution in [0.5, 0.6) is 0 Å². The largest absolute Gasteiger partial charge is 0.366 e. The number of pyridine rings is 1. The summed E-state index contributed by atoms with van der Waals surface area (Å²) in [4.78, 5) is 4.33. The number of halogens is 2. The molecule has 0 spiro atoms. The van der Waals surface area contributed by atoms with E-state index in [2.05, 4.69) is 40.1 Å². The molecule has 94 valence electrons. The van der Waals surface area contributed by atoms with Crippen molar-refractivity contribution in [3.05, 3.63) is 21.8 Å². The van der Waals surface area contributed by atoms with E-state index in [0.717, 1.165) is 10.3 Å². The molecule has 1 fully saturated rings. The third kappa shape index (κ3) is 3.59. The second-order valence-corrected chi connectivity index (χ2v) is 6.91. The molecule has 2 rings (SSSR count). The lowest BCUT2D eigenvalue weighted by Gasteiger charge is -2.35. The average molecular weight is 318 g/mol. The summed E-state index contributed by atoms with van der Waals surface area (Å²) in [6.45, 7) is 4.66. The van der Waals surface area contributed by atoms with Gasteiger partial charge in [-0.15, -0.1) is 0 Å². The number of rotatable bonds is 2. The van der Waals surface area contributed by atoms with Gasteiger partial charge in [-0.25, -0.2) is 4.98 Å². The number of hydrogen-bond donors (Lipinski definition) is 1. The van der Waals surface area contributed by atoms with E-state index in [9.17, 15) is 0 Å². The van der Waals surface area contributed by atoms with Crippen LogP contribution in [0.25, 0.3) is 0 Å². The normalized spacial score (nSPS) is 23.4. The highest BCUT2D eigenvalue weighted by Crippen LogP contribution is 2.37. The van der Waals surface area contributed by atoms with Crippen LogP contribution in [0.15, 0.2) is 16.7 Å². The SMILES string of the molecule is CC1(C)CCCC(Nc2ncc(Br)cc2Cl)C1. The fourth-order valence-corrected chi connectivity index (χ4v) is 3.22. The maximum absolute atomic E-state index is 6.16. The highest BCUT2D eigenvalue weighted by atomic mass is 79.9. The molecule has 0 amide bonds. The second-order valence-electron chi connectivity index (χ2n) is 5.59. The molecule has 1 aromatic heterocycles. The van der Waals surface area contributed by atoms with Gasteiger partial charge in [-0.1, -0.05) is 31.9 Å². The summed E-state index contributed by atoms with van der Waals surface area (Å²) in [5.41, 5.74) is 0.428. The fourth-order valence-electron chi connectivity index (χ4n) is 2.54. The topological polar surface area (TPSA) is 24.9 Å². The Morgan fingerprint density at radius 1 is 1.53 bits per heavy atom. The molecule has 1 atom stereocenters. The minimum Gasteiger partial charge on any atom is -0.366 e. The van der Waals surface area contributed by atoms with Gasteiger partial charge in [0.05, 0.1) is 5.02 Å². The zero-order chi connectivity index (χ0) is 12.5. The minimum absolute atomic E-state index is 0.428. The van der Waals surface area contributed by atoms with E-state index in [4.69, 9.17) is 11.6 Å². The van der Waals surface area contributed by atoms with Gasteiger partial charge in [0.2, 0.25) is 0 Å². The van der Waals surface area contributed by atoms with Crippen LogP contribution in [0.1, 0.15) is 39.5 Å². The number of hydrogen-bond acceptors (Lipinski definition) is 2. The third-order valence-electron chi connectivity index (χ3n) is 3.35. The number of nitrogens with one attached hydrogen (secondary N) is 1. The molecule has 2 nitrogen and oxygen atoms in total. The zero-order valence-corrected chi connectivity index (χ0v) is 12.6. The van der Waals surface area contributed by atoms with Crippen molar-refractivity contribution < 1.29 is 0 Å². The molecule has 0 aromatic carbocycles. The average Bonchev–Trinajstić information content (AvgIpc) is 2.21. The van der Waals surface area contributed by atoms with Gasteiger partial charge in [0.25, 0.3) is 0 Å². The maximum atomic E-state index is 6.16. The van der Waals surface area contributed by atoms with Crippen molar-refractivity contribution in [1.82, 2.24) is 4.98 Å². The lowest BCUT2D eigenvalue weighted by molar-refractivity contribution is 0.229. The van der Waals surface area contributed by atoms with Crippen LogP contribution in [0.4, 0.5) is 5.82 Å². The maximum Gasteiger partial charge on any atom is 0.145 e. The van der Waals surface area contributed by atoms with Crippen LogP contribution in [0.3, 0.4) is 0 Å². The quantitative estimate of drug-likeness (QED) is 0.841. The van der Waals surface area contributed by atoms with Crippen LogP contribution < -0.4 is 5.32 Å². The molecule has 17 heavy (non-hydrogen) atoms. The van der Waals surface area contributed by atoms with Crippen molar-refractivity contribution >= 4 is 33.3 Å². The Morgan fingerprint density at radius 3 is 2.94 bits per heavy atom. The summed E-state index contributed by atoms with van der Waals surface area (Å²) >= 11 is 9.53. The second kappa shape index (κ2) is 5.15. The van der Waals surface area contributed by atoms with E-state index in [1.807, 2.05) is 6.07 Å². The Hall–Kier alpha value is -0.280.